The second kappa shape index (κ2) is 6.30. The van der Waals surface area contributed by atoms with E-state index in [1.54, 1.807) is 0 Å². The Morgan fingerprint density at radius 1 is 1.14 bits per heavy atom. The minimum atomic E-state index is -0.465. The molecular weight excluding hydrogens is 270 g/mol. The van der Waals surface area contributed by atoms with Gasteiger partial charge in [0.2, 0.25) is 0 Å². The molecule has 0 bridgehead atoms. The summed E-state index contributed by atoms with van der Waals surface area (Å²) in [6.45, 7) is 8.52. The molecule has 118 valence electrons. The van der Waals surface area contributed by atoms with Gasteiger partial charge < -0.3 is 10.6 Å². The molecule has 0 spiro atoms. The molecule has 1 aromatic rings. The fourth-order valence-corrected chi connectivity index (χ4v) is 3.20. The number of hydrogen-bond acceptors (Lipinski definition) is 2. The van der Waals surface area contributed by atoms with Gasteiger partial charge in [-0.1, -0.05) is 20.8 Å². The minimum Gasteiger partial charge on any atom is -0.367 e. The molecule has 0 aromatic heterocycles. The van der Waals surface area contributed by atoms with Crippen molar-refractivity contribution in [2.75, 3.05) is 24.5 Å². The lowest BCUT2D eigenvalue weighted by Crippen LogP contribution is -2.38. The maximum Gasteiger partial charge on any atom is 0.149 e. The largest absolute Gasteiger partial charge is 0.367 e. The summed E-state index contributed by atoms with van der Waals surface area (Å²) in [7, 11) is 0. The van der Waals surface area contributed by atoms with Crippen LogP contribution in [0.4, 0.5) is 14.5 Å². The van der Waals surface area contributed by atoms with Crippen LogP contribution in [0.25, 0.3) is 0 Å². The zero-order chi connectivity index (χ0) is 15.6. The molecule has 1 aromatic carbocycles. The molecule has 0 radical (unpaired) electrons. The average molecular weight is 296 g/mol. The molecule has 1 saturated heterocycles. The number of nitrogens with zero attached hydrogens (tertiary/aromatic N) is 1. The van der Waals surface area contributed by atoms with Gasteiger partial charge in [-0.15, -0.1) is 0 Å². The van der Waals surface area contributed by atoms with Crippen molar-refractivity contribution in [1.29, 1.82) is 0 Å². The maximum absolute atomic E-state index is 14.2. The van der Waals surface area contributed by atoms with Crippen LogP contribution in [-0.4, -0.2) is 19.6 Å². The summed E-state index contributed by atoms with van der Waals surface area (Å²) in [5, 5.41) is 0. The number of anilines is 1. The van der Waals surface area contributed by atoms with E-state index in [9.17, 15) is 8.78 Å². The van der Waals surface area contributed by atoms with Gasteiger partial charge in [-0.3, -0.25) is 0 Å². The smallest absolute Gasteiger partial charge is 0.149 e. The minimum absolute atomic E-state index is 0.128. The summed E-state index contributed by atoms with van der Waals surface area (Å²) >= 11 is 0. The SMILES string of the molecule is CC(C)(C)C1CCN(c2c(F)cc(CCN)cc2F)CC1. The van der Waals surface area contributed by atoms with Crippen LogP contribution in [0.5, 0.6) is 0 Å². The van der Waals surface area contributed by atoms with E-state index >= 15 is 0 Å². The Hall–Kier alpha value is -1.16. The molecule has 0 atom stereocenters. The Balaban J connectivity index is 2.13. The molecule has 1 aliphatic heterocycles. The fourth-order valence-electron chi connectivity index (χ4n) is 3.20. The molecule has 0 unspecified atom stereocenters. The van der Waals surface area contributed by atoms with Gasteiger partial charge in [0.05, 0.1) is 0 Å². The quantitative estimate of drug-likeness (QED) is 0.921. The summed E-state index contributed by atoms with van der Waals surface area (Å²) in [5.41, 5.74) is 6.45. The third-order valence-electron chi connectivity index (χ3n) is 4.55. The van der Waals surface area contributed by atoms with Crippen molar-refractivity contribution in [2.45, 2.75) is 40.0 Å². The number of nitrogens with two attached hydrogens (primary N) is 1. The maximum atomic E-state index is 14.2. The Kier molecular flexibility index (Phi) is 4.87. The summed E-state index contributed by atoms with van der Waals surface area (Å²) in [4.78, 5) is 1.85. The molecule has 2 N–H and O–H groups in total. The molecule has 2 nitrogen and oxygen atoms in total. The van der Waals surface area contributed by atoms with E-state index in [-0.39, 0.29) is 11.1 Å². The number of piperidine rings is 1. The van der Waals surface area contributed by atoms with E-state index in [0.29, 0.717) is 37.5 Å². The van der Waals surface area contributed by atoms with Crippen LogP contribution in [0.2, 0.25) is 0 Å². The zero-order valence-corrected chi connectivity index (χ0v) is 13.3. The highest BCUT2D eigenvalue weighted by atomic mass is 19.1. The fraction of sp³-hybridized carbons (Fsp3) is 0.647. The molecule has 1 aliphatic rings. The van der Waals surface area contributed by atoms with Gasteiger partial charge in [0.25, 0.3) is 0 Å². The Morgan fingerprint density at radius 2 is 1.67 bits per heavy atom. The van der Waals surface area contributed by atoms with Gasteiger partial charge in [0, 0.05) is 13.1 Å². The van der Waals surface area contributed by atoms with Gasteiger partial charge in [-0.05, 0) is 54.8 Å². The number of hydrogen-bond donors (Lipinski definition) is 1. The highest BCUT2D eigenvalue weighted by Gasteiger charge is 2.30. The van der Waals surface area contributed by atoms with Crippen molar-refractivity contribution in [3.05, 3.63) is 29.3 Å². The summed E-state index contributed by atoms with van der Waals surface area (Å²) < 4.78 is 28.5. The van der Waals surface area contributed by atoms with Crippen LogP contribution in [0.1, 0.15) is 39.2 Å². The summed E-state index contributed by atoms with van der Waals surface area (Å²) in [6.07, 6.45) is 2.46. The molecule has 1 fully saturated rings. The topological polar surface area (TPSA) is 29.3 Å². The number of rotatable bonds is 3. The molecule has 0 saturated carbocycles. The van der Waals surface area contributed by atoms with Crippen LogP contribution in [0.15, 0.2) is 12.1 Å². The van der Waals surface area contributed by atoms with E-state index in [1.165, 1.54) is 12.1 Å². The van der Waals surface area contributed by atoms with Crippen molar-refractivity contribution in [3.8, 4) is 0 Å². The Labute approximate surface area is 126 Å². The highest BCUT2D eigenvalue weighted by Crippen LogP contribution is 2.36. The number of halogens is 2. The van der Waals surface area contributed by atoms with Crippen LogP contribution < -0.4 is 10.6 Å². The van der Waals surface area contributed by atoms with Crippen LogP contribution in [0.3, 0.4) is 0 Å². The third-order valence-corrected chi connectivity index (χ3v) is 4.55. The summed E-state index contributed by atoms with van der Waals surface area (Å²) in [6, 6.07) is 2.84. The van der Waals surface area contributed by atoms with Gasteiger partial charge in [0.1, 0.15) is 17.3 Å². The van der Waals surface area contributed by atoms with E-state index in [4.69, 9.17) is 5.73 Å². The lowest BCUT2D eigenvalue weighted by molar-refractivity contribution is 0.198. The van der Waals surface area contributed by atoms with Gasteiger partial charge in [-0.2, -0.15) is 0 Å². The lowest BCUT2D eigenvalue weighted by Gasteiger charge is -2.39. The Morgan fingerprint density at radius 3 is 2.10 bits per heavy atom. The van der Waals surface area contributed by atoms with Crippen LogP contribution in [-0.2, 0) is 6.42 Å². The van der Waals surface area contributed by atoms with Crippen molar-refractivity contribution in [3.63, 3.8) is 0 Å². The van der Waals surface area contributed by atoms with Crippen molar-refractivity contribution in [2.24, 2.45) is 17.1 Å². The second-order valence-corrected chi connectivity index (χ2v) is 7.07. The lowest BCUT2D eigenvalue weighted by atomic mass is 9.75. The standard InChI is InChI=1S/C17H26F2N2/c1-17(2,3)13-5-8-21(9-6-13)16-14(18)10-12(4-7-20)11-15(16)19/h10-11,13H,4-9,20H2,1-3H3. The van der Waals surface area contributed by atoms with E-state index in [0.717, 1.165) is 12.8 Å². The normalized spacial score (nSPS) is 17.3. The highest BCUT2D eigenvalue weighted by molar-refractivity contribution is 5.51. The first-order valence-corrected chi connectivity index (χ1v) is 7.76. The van der Waals surface area contributed by atoms with Crippen molar-refractivity contribution < 1.29 is 8.78 Å². The first kappa shape index (κ1) is 16.2. The van der Waals surface area contributed by atoms with Gasteiger partial charge in [0.15, 0.2) is 0 Å². The Bertz CT molecular complexity index is 463. The molecule has 0 amide bonds. The second-order valence-electron chi connectivity index (χ2n) is 7.07. The van der Waals surface area contributed by atoms with E-state index < -0.39 is 11.6 Å². The average Bonchev–Trinajstić information content (AvgIpc) is 2.38. The number of benzene rings is 1. The summed E-state index contributed by atoms with van der Waals surface area (Å²) in [5.74, 6) is -0.322. The molecule has 21 heavy (non-hydrogen) atoms. The molecule has 0 aliphatic carbocycles. The van der Waals surface area contributed by atoms with Crippen LogP contribution in [0, 0.1) is 23.0 Å². The van der Waals surface area contributed by atoms with Crippen LogP contribution >= 0.6 is 0 Å². The van der Waals surface area contributed by atoms with Gasteiger partial charge in [-0.25, -0.2) is 8.78 Å². The monoisotopic (exact) mass is 296 g/mol. The molecule has 4 heteroatoms. The first-order chi connectivity index (χ1) is 9.82. The predicted molar refractivity (Wildman–Crippen MR) is 83.5 cm³/mol. The van der Waals surface area contributed by atoms with E-state index in [2.05, 4.69) is 20.8 Å². The molecule has 2 rings (SSSR count). The van der Waals surface area contributed by atoms with Crippen molar-refractivity contribution in [1.82, 2.24) is 0 Å². The molecule has 1 heterocycles. The molecular formula is C17H26F2N2. The van der Waals surface area contributed by atoms with Crippen molar-refractivity contribution >= 4 is 5.69 Å². The zero-order valence-electron chi connectivity index (χ0n) is 13.3. The van der Waals surface area contributed by atoms with E-state index in [1.807, 2.05) is 4.90 Å². The third kappa shape index (κ3) is 3.73. The predicted octanol–water partition coefficient (Wildman–Crippen LogP) is 3.73. The first-order valence-electron chi connectivity index (χ1n) is 7.76. The van der Waals surface area contributed by atoms with Gasteiger partial charge >= 0.3 is 0 Å².